The maximum absolute atomic E-state index is 13.5. The molecule has 9 nitrogen and oxygen atoms in total. The molecule has 9 heteroatoms. The Morgan fingerprint density at radius 3 is 2.41 bits per heavy atom. The number of benzene rings is 2. The predicted octanol–water partition coefficient (Wildman–Crippen LogP) is 3.56. The van der Waals surface area contributed by atoms with Crippen molar-refractivity contribution >= 4 is 28.7 Å². The normalized spacial score (nSPS) is 16.2. The highest BCUT2D eigenvalue weighted by Gasteiger charge is 2.24. The standard InChI is InChI=1S/C30H35N7O2/c1-22(38)31-14-15-32-28-25-21-26(33-29(25)35-27(34-28)24-12-6-3-7-13-24)30(39)37-19-17-36(18-20-37)16-8-11-23-9-4-2-5-10-23/h2-7,9-10,12-13,21H,8,11,14-20H2,1H3,(H,31,38)(H2,32,33,34,35)/i8T2,11T2. The summed E-state index contributed by atoms with van der Waals surface area (Å²) < 4.78 is 34.0. The molecule has 202 valence electrons. The molecule has 2 aromatic carbocycles. The molecule has 0 unspecified atom stereocenters. The van der Waals surface area contributed by atoms with Crippen LogP contribution in [0.15, 0.2) is 66.7 Å². The van der Waals surface area contributed by atoms with Gasteiger partial charge in [-0.15, -0.1) is 0 Å². The number of carbonyl (C=O) groups excluding carboxylic acids is 2. The summed E-state index contributed by atoms with van der Waals surface area (Å²) in [6.45, 7) is 3.81. The summed E-state index contributed by atoms with van der Waals surface area (Å²) in [5.41, 5.74) is 2.00. The molecular weight excluding hydrogens is 490 g/mol. The molecule has 0 spiro atoms. The lowest BCUT2D eigenvalue weighted by atomic mass is 10.1. The van der Waals surface area contributed by atoms with Gasteiger partial charge in [0.05, 0.1) is 5.39 Å². The molecule has 0 aliphatic carbocycles. The molecule has 0 atom stereocenters. The zero-order chi connectivity index (χ0) is 30.6. The van der Waals surface area contributed by atoms with Gasteiger partial charge in [-0.05, 0) is 30.9 Å². The Kier molecular flexibility index (Phi) is 6.96. The van der Waals surface area contributed by atoms with Gasteiger partial charge in [0.15, 0.2) is 5.82 Å². The number of aryl methyl sites for hydroxylation is 1. The fraction of sp³-hybridized carbons (Fsp3) is 0.333. The molecule has 1 aliphatic rings. The van der Waals surface area contributed by atoms with Gasteiger partial charge in [0.1, 0.15) is 17.2 Å². The first kappa shape index (κ1) is 21.7. The van der Waals surface area contributed by atoms with Crippen LogP contribution in [0.25, 0.3) is 22.4 Å². The van der Waals surface area contributed by atoms with Gasteiger partial charge in [-0.2, -0.15) is 0 Å². The van der Waals surface area contributed by atoms with Crippen LogP contribution in [0.5, 0.6) is 0 Å². The summed E-state index contributed by atoms with van der Waals surface area (Å²) in [6.07, 6.45) is -4.30. The number of aromatic amines is 1. The second-order valence-electron chi connectivity index (χ2n) is 9.35. The molecule has 2 amide bonds. The van der Waals surface area contributed by atoms with Crippen molar-refractivity contribution in [2.24, 2.45) is 0 Å². The van der Waals surface area contributed by atoms with Crippen LogP contribution in [0.1, 0.15) is 34.8 Å². The van der Waals surface area contributed by atoms with Crippen LogP contribution in [0.3, 0.4) is 0 Å². The Morgan fingerprint density at radius 1 is 0.974 bits per heavy atom. The van der Waals surface area contributed by atoms with Crippen molar-refractivity contribution < 1.29 is 15.1 Å². The third kappa shape index (κ3) is 6.80. The largest absolute Gasteiger partial charge is 0.368 e. The number of fused-ring (bicyclic) bond motifs is 1. The van der Waals surface area contributed by atoms with Gasteiger partial charge >= 0.3 is 0 Å². The highest BCUT2D eigenvalue weighted by Crippen LogP contribution is 2.26. The van der Waals surface area contributed by atoms with E-state index in [1.165, 1.54) is 6.92 Å². The molecule has 0 saturated carbocycles. The lowest BCUT2D eigenvalue weighted by Gasteiger charge is -2.34. The first-order valence-electron chi connectivity index (χ1n) is 15.1. The molecule has 1 aliphatic heterocycles. The minimum Gasteiger partial charge on any atom is -0.368 e. The van der Waals surface area contributed by atoms with Crippen molar-refractivity contribution in [1.82, 2.24) is 30.1 Å². The van der Waals surface area contributed by atoms with Crippen LogP contribution in [-0.2, 0) is 11.2 Å². The summed E-state index contributed by atoms with van der Waals surface area (Å²) in [4.78, 5) is 40.9. The summed E-state index contributed by atoms with van der Waals surface area (Å²) >= 11 is 0. The number of hydrogen-bond donors (Lipinski definition) is 3. The number of nitrogens with one attached hydrogen (secondary N) is 3. The first-order chi connectivity index (χ1) is 20.5. The molecular formula is C30H35N7O2. The van der Waals surface area contributed by atoms with Crippen molar-refractivity contribution in [2.45, 2.75) is 19.7 Å². The Balaban J connectivity index is 1.29. The van der Waals surface area contributed by atoms with Crippen LogP contribution in [0.4, 0.5) is 5.82 Å². The minimum absolute atomic E-state index is 0.0886. The third-order valence-electron chi connectivity index (χ3n) is 6.51. The molecule has 0 bridgehead atoms. The number of nitrogens with zero attached hydrogens (tertiary/aromatic N) is 4. The fourth-order valence-corrected chi connectivity index (χ4v) is 4.45. The zero-order valence-corrected chi connectivity index (χ0v) is 21.9. The minimum atomic E-state index is -2.17. The smallest absolute Gasteiger partial charge is 0.270 e. The Hall–Kier alpha value is -4.24. The third-order valence-corrected chi connectivity index (χ3v) is 6.51. The maximum atomic E-state index is 13.5. The Bertz CT molecular complexity index is 1570. The van der Waals surface area contributed by atoms with Crippen molar-refractivity contribution in [3.63, 3.8) is 0 Å². The number of anilines is 1. The number of piperazine rings is 1. The van der Waals surface area contributed by atoms with E-state index in [0.29, 0.717) is 73.2 Å². The van der Waals surface area contributed by atoms with Crippen molar-refractivity contribution in [2.75, 3.05) is 51.1 Å². The second kappa shape index (κ2) is 12.5. The van der Waals surface area contributed by atoms with Crippen molar-refractivity contribution in [3.05, 3.63) is 78.0 Å². The molecule has 0 radical (unpaired) electrons. The molecule has 1 saturated heterocycles. The predicted molar refractivity (Wildman–Crippen MR) is 154 cm³/mol. The number of H-pyrrole nitrogens is 1. The van der Waals surface area contributed by atoms with Gasteiger partial charge in [0, 0.05) is 57.2 Å². The van der Waals surface area contributed by atoms with Gasteiger partial charge in [-0.1, -0.05) is 60.7 Å². The first-order valence-corrected chi connectivity index (χ1v) is 13.1. The summed E-state index contributed by atoms with van der Waals surface area (Å²) in [6, 6.07) is 19.6. The topological polar surface area (TPSA) is 106 Å². The van der Waals surface area contributed by atoms with E-state index in [4.69, 9.17) is 10.5 Å². The Labute approximate surface area is 234 Å². The van der Waals surface area contributed by atoms with E-state index in [2.05, 4.69) is 20.6 Å². The monoisotopic (exact) mass is 533 g/mol. The quantitative estimate of drug-likeness (QED) is 0.269. The van der Waals surface area contributed by atoms with E-state index in [-0.39, 0.29) is 18.4 Å². The average molecular weight is 534 g/mol. The van der Waals surface area contributed by atoms with Crippen LogP contribution in [-0.4, -0.2) is 82.4 Å². The molecule has 3 heterocycles. The highest BCUT2D eigenvalue weighted by atomic mass is 16.2. The van der Waals surface area contributed by atoms with Gasteiger partial charge < -0.3 is 20.5 Å². The Morgan fingerprint density at radius 2 is 1.69 bits per heavy atom. The van der Waals surface area contributed by atoms with Gasteiger partial charge in [0.25, 0.3) is 5.91 Å². The number of hydrogen-bond acceptors (Lipinski definition) is 6. The van der Waals surface area contributed by atoms with E-state index in [0.717, 1.165) is 5.56 Å². The fourth-order valence-electron chi connectivity index (χ4n) is 4.45. The van der Waals surface area contributed by atoms with E-state index in [9.17, 15) is 9.59 Å². The van der Waals surface area contributed by atoms with Gasteiger partial charge in [0.2, 0.25) is 5.91 Å². The lowest BCUT2D eigenvalue weighted by molar-refractivity contribution is -0.118. The summed E-state index contributed by atoms with van der Waals surface area (Å²) in [7, 11) is 0. The highest BCUT2D eigenvalue weighted by molar-refractivity contribution is 6.00. The average Bonchev–Trinajstić information content (AvgIpc) is 3.44. The molecule has 3 N–H and O–H groups in total. The lowest BCUT2D eigenvalue weighted by Crippen LogP contribution is -2.49. The van der Waals surface area contributed by atoms with Crippen molar-refractivity contribution in [3.8, 4) is 11.4 Å². The number of rotatable bonds is 10. The maximum Gasteiger partial charge on any atom is 0.270 e. The number of amides is 2. The summed E-state index contributed by atoms with van der Waals surface area (Å²) in [5, 5.41) is 6.66. The SMILES string of the molecule is [3H]C([3H])(CN1CCN(C(=O)c2cc3c(NCCNC(C)=O)nc(-c4ccccc4)nc3[nH]2)CC1)C([3H])([3H])c1ccccc1. The molecule has 5 rings (SSSR count). The van der Waals surface area contributed by atoms with Gasteiger partial charge in [-0.25, -0.2) is 9.97 Å². The van der Waals surface area contributed by atoms with E-state index < -0.39 is 12.7 Å². The molecule has 39 heavy (non-hydrogen) atoms. The van der Waals surface area contributed by atoms with Crippen LogP contribution in [0, 0.1) is 0 Å². The molecule has 1 fully saturated rings. The molecule has 2 aromatic heterocycles. The number of aromatic nitrogens is 3. The van der Waals surface area contributed by atoms with E-state index in [1.807, 2.05) is 35.2 Å². The van der Waals surface area contributed by atoms with E-state index >= 15 is 0 Å². The number of carbonyl (C=O) groups is 2. The van der Waals surface area contributed by atoms with Crippen LogP contribution >= 0.6 is 0 Å². The van der Waals surface area contributed by atoms with Crippen LogP contribution < -0.4 is 10.6 Å². The van der Waals surface area contributed by atoms with Gasteiger partial charge in [-0.3, -0.25) is 14.5 Å². The van der Waals surface area contributed by atoms with Crippen molar-refractivity contribution in [1.29, 1.82) is 0 Å². The summed E-state index contributed by atoms with van der Waals surface area (Å²) in [5.74, 6) is 0.712. The van der Waals surface area contributed by atoms with E-state index in [1.54, 1.807) is 41.3 Å². The zero-order valence-electron chi connectivity index (χ0n) is 25.9. The molecule has 4 aromatic rings. The van der Waals surface area contributed by atoms with Crippen LogP contribution in [0.2, 0.25) is 0 Å². The second-order valence-corrected chi connectivity index (χ2v) is 9.35.